The molecule has 2 fully saturated rings. The standard InChI is InChI=1S/C49H51N5O10S/c1-48(2,3)63-46(59)51-39-43(57)54-40(45(58)62-41(32-15-9-7-10-16-32)33-17-11-8-12-18-33)35(30-65-44(39)54)26-34-23-25-53(42(34)56)28-31-14-13-24-52(27-31)29-38(55)50-36-19-21-37(22-20-36)61-47(60)64-49(4,5)6/h7-22,24,26-27,39,41,44H,23,25,28-30H2,1-6H3,(H-,50,51,55,59)/p+1/t39-,44-/m1/s1. The minimum atomic E-state index is -0.937. The lowest BCUT2D eigenvalue weighted by atomic mass is 10.00. The molecule has 4 amide bonds. The Labute approximate surface area is 381 Å². The van der Waals surface area contributed by atoms with Crippen molar-refractivity contribution in [3.8, 4) is 5.75 Å². The van der Waals surface area contributed by atoms with E-state index in [4.69, 9.17) is 18.9 Å². The lowest BCUT2D eigenvalue weighted by Crippen LogP contribution is -2.70. The van der Waals surface area contributed by atoms with Gasteiger partial charge in [0.15, 0.2) is 18.5 Å². The van der Waals surface area contributed by atoms with E-state index < -0.39 is 52.8 Å². The molecule has 338 valence electrons. The third-order valence-electron chi connectivity index (χ3n) is 10.2. The second kappa shape index (κ2) is 19.4. The Morgan fingerprint density at radius 2 is 1.49 bits per heavy atom. The van der Waals surface area contributed by atoms with Crippen LogP contribution in [0.4, 0.5) is 15.3 Å². The Bertz CT molecular complexity index is 2480. The van der Waals surface area contributed by atoms with Gasteiger partial charge in [0, 0.05) is 35.2 Å². The van der Waals surface area contributed by atoms with E-state index in [-0.39, 0.29) is 42.1 Å². The highest BCUT2D eigenvalue weighted by Crippen LogP contribution is 2.43. The minimum absolute atomic E-state index is 0.00638. The van der Waals surface area contributed by atoms with Gasteiger partial charge >= 0.3 is 18.2 Å². The number of fused-ring (bicyclic) bond motifs is 1. The van der Waals surface area contributed by atoms with Gasteiger partial charge in [-0.15, -0.1) is 11.8 Å². The van der Waals surface area contributed by atoms with Crippen molar-refractivity contribution in [3.63, 3.8) is 0 Å². The van der Waals surface area contributed by atoms with E-state index in [1.807, 2.05) is 66.7 Å². The second-order valence-corrected chi connectivity index (χ2v) is 18.8. The number of likely N-dealkylation sites (tertiary alicyclic amines) is 1. The fraction of sp³-hybridized carbons (Fsp3) is 0.327. The number of thioether (sulfide) groups is 1. The highest BCUT2D eigenvalue weighted by Gasteiger charge is 2.55. The maximum absolute atomic E-state index is 14.5. The Hall–Kier alpha value is -6.94. The number of benzene rings is 3. The number of ether oxygens (including phenoxy) is 4. The predicted molar refractivity (Wildman–Crippen MR) is 241 cm³/mol. The maximum atomic E-state index is 14.5. The smallest absolute Gasteiger partial charge is 0.448 e. The summed E-state index contributed by atoms with van der Waals surface area (Å²) in [4.78, 5) is 83.2. The van der Waals surface area contributed by atoms with Crippen molar-refractivity contribution < 1.29 is 52.3 Å². The average molecular weight is 903 g/mol. The van der Waals surface area contributed by atoms with E-state index in [1.165, 1.54) is 16.7 Å². The van der Waals surface area contributed by atoms with Gasteiger partial charge in [0.05, 0.1) is 6.54 Å². The van der Waals surface area contributed by atoms with Crippen molar-refractivity contribution in [1.82, 2.24) is 15.1 Å². The number of rotatable bonds is 12. The molecule has 4 aromatic rings. The van der Waals surface area contributed by atoms with Crippen molar-refractivity contribution >= 4 is 53.4 Å². The number of nitrogens with one attached hydrogen (secondary N) is 2. The van der Waals surface area contributed by atoms with Crippen LogP contribution in [-0.4, -0.2) is 80.7 Å². The normalized spacial score (nSPS) is 17.9. The van der Waals surface area contributed by atoms with Crippen LogP contribution in [0, 0.1) is 0 Å². The Morgan fingerprint density at radius 3 is 2.12 bits per heavy atom. The van der Waals surface area contributed by atoms with E-state index in [0.717, 1.165) is 16.7 Å². The van der Waals surface area contributed by atoms with Gasteiger partial charge < -0.3 is 34.5 Å². The van der Waals surface area contributed by atoms with Gasteiger partial charge in [-0.25, -0.2) is 14.4 Å². The lowest BCUT2D eigenvalue weighted by molar-refractivity contribution is -0.684. The summed E-state index contributed by atoms with van der Waals surface area (Å²) >= 11 is 1.37. The fourth-order valence-electron chi connectivity index (χ4n) is 7.41. The number of nitrogens with zero attached hydrogens (tertiary/aromatic N) is 3. The van der Waals surface area contributed by atoms with Crippen LogP contribution >= 0.6 is 11.8 Å². The molecule has 0 unspecified atom stereocenters. The van der Waals surface area contributed by atoms with Crippen molar-refractivity contribution in [2.45, 2.75) is 89.8 Å². The molecule has 15 nitrogen and oxygen atoms in total. The monoisotopic (exact) mass is 902 g/mol. The third-order valence-corrected chi connectivity index (χ3v) is 11.5. The summed E-state index contributed by atoms with van der Waals surface area (Å²) in [5.41, 5.74) is 2.22. The molecular formula is C49H52N5O10S+. The maximum Gasteiger partial charge on any atom is 0.514 e. The summed E-state index contributed by atoms with van der Waals surface area (Å²) in [6.07, 6.45) is 3.26. The topological polar surface area (TPSA) is 174 Å². The van der Waals surface area contributed by atoms with E-state index in [2.05, 4.69) is 10.6 Å². The number of alkyl carbamates (subject to hydrolysis) is 1. The van der Waals surface area contributed by atoms with Gasteiger partial charge in [-0.05, 0) is 101 Å². The van der Waals surface area contributed by atoms with E-state index >= 15 is 0 Å². The number of allylic oxidation sites excluding steroid dienone is 1. The molecule has 0 bridgehead atoms. The summed E-state index contributed by atoms with van der Waals surface area (Å²) in [7, 11) is 0. The molecule has 16 heteroatoms. The van der Waals surface area contributed by atoms with Crippen LogP contribution in [0.2, 0.25) is 0 Å². The SMILES string of the molecule is CC(C)(C)OC(=O)N[C@@H]1C(=O)N2C(C(=O)OC(c3ccccc3)c3ccccc3)=C(C=C3CCN(Cc4ccc[n+](CC(=O)Nc5ccc(OC(=O)OC(C)(C)C)cc5)c4)C3=O)CS[C@H]12. The average Bonchev–Trinajstić information content (AvgIpc) is 3.58. The number of carbonyl (C=O) groups excluding carboxylic acids is 6. The number of amides is 4. The van der Waals surface area contributed by atoms with Crippen molar-refractivity contribution in [1.29, 1.82) is 0 Å². The van der Waals surface area contributed by atoms with E-state index in [9.17, 15) is 28.8 Å². The van der Waals surface area contributed by atoms with Crippen molar-refractivity contribution in [3.05, 3.63) is 149 Å². The molecule has 4 heterocycles. The number of hydrogen-bond acceptors (Lipinski definition) is 11. The molecule has 7 rings (SSSR count). The molecule has 2 N–H and O–H groups in total. The first-order valence-electron chi connectivity index (χ1n) is 21.2. The Balaban J connectivity index is 1.06. The molecule has 2 atom stereocenters. The largest absolute Gasteiger partial charge is 0.514 e. The minimum Gasteiger partial charge on any atom is -0.448 e. The molecule has 0 spiro atoms. The quantitative estimate of drug-likeness (QED) is 0.0375. The molecule has 65 heavy (non-hydrogen) atoms. The van der Waals surface area contributed by atoms with Gasteiger partial charge in [0.2, 0.25) is 12.5 Å². The first-order valence-corrected chi connectivity index (χ1v) is 22.2. The number of esters is 1. The molecule has 1 aromatic heterocycles. The molecule has 3 aromatic carbocycles. The third kappa shape index (κ3) is 11.8. The summed E-state index contributed by atoms with van der Waals surface area (Å²) in [6.45, 7) is 11.1. The number of anilines is 1. The highest BCUT2D eigenvalue weighted by atomic mass is 32.2. The zero-order valence-corrected chi connectivity index (χ0v) is 37.9. The first-order chi connectivity index (χ1) is 30.9. The molecule has 2 saturated heterocycles. The zero-order valence-electron chi connectivity index (χ0n) is 37.1. The van der Waals surface area contributed by atoms with Crippen LogP contribution in [-0.2, 0) is 46.5 Å². The molecule has 0 radical (unpaired) electrons. The predicted octanol–water partition coefficient (Wildman–Crippen LogP) is 6.98. The van der Waals surface area contributed by atoms with Gasteiger partial charge in [-0.2, -0.15) is 4.57 Å². The Morgan fingerprint density at radius 1 is 0.846 bits per heavy atom. The van der Waals surface area contributed by atoms with Gasteiger partial charge in [-0.1, -0.05) is 60.7 Å². The number of β-lactam (4-membered cyclic amide) rings is 1. The highest BCUT2D eigenvalue weighted by molar-refractivity contribution is 8.00. The Kier molecular flexibility index (Phi) is 13.8. The zero-order chi connectivity index (χ0) is 46.5. The van der Waals surface area contributed by atoms with Crippen LogP contribution in [0.5, 0.6) is 5.75 Å². The molecular weight excluding hydrogens is 851 g/mol. The van der Waals surface area contributed by atoms with Gasteiger partial charge in [-0.3, -0.25) is 19.3 Å². The molecule has 0 saturated carbocycles. The molecule has 3 aliphatic rings. The fourth-order valence-corrected chi connectivity index (χ4v) is 8.72. The van der Waals surface area contributed by atoms with Crippen LogP contribution in [0.15, 0.2) is 132 Å². The van der Waals surface area contributed by atoms with E-state index in [1.54, 1.807) is 99.8 Å². The molecule has 3 aliphatic heterocycles. The van der Waals surface area contributed by atoms with Crippen LogP contribution < -0.4 is 19.9 Å². The number of hydrogen-bond donors (Lipinski definition) is 2. The van der Waals surface area contributed by atoms with Crippen LogP contribution in [0.25, 0.3) is 0 Å². The molecule has 0 aliphatic carbocycles. The number of carbonyl (C=O) groups is 6. The van der Waals surface area contributed by atoms with Crippen LogP contribution in [0.3, 0.4) is 0 Å². The summed E-state index contributed by atoms with van der Waals surface area (Å²) in [5.74, 6) is -1.24. The first kappa shape index (κ1) is 46.1. The van der Waals surface area contributed by atoms with Crippen molar-refractivity contribution in [2.75, 3.05) is 17.6 Å². The van der Waals surface area contributed by atoms with Crippen LogP contribution in [0.1, 0.15) is 70.8 Å². The summed E-state index contributed by atoms with van der Waals surface area (Å²) in [5, 5.41) is 4.89. The van der Waals surface area contributed by atoms with Gasteiger partial charge in [0.1, 0.15) is 34.1 Å². The summed E-state index contributed by atoms with van der Waals surface area (Å²) < 4.78 is 23.8. The lowest BCUT2D eigenvalue weighted by Gasteiger charge is -2.49. The van der Waals surface area contributed by atoms with Gasteiger partial charge in [0.25, 0.3) is 11.8 Å². The van der Waals surface area contributed by atoms with E-state index in [0.29, 0.717) is 29.8 Å². The number of aromatic nitrogens is 1. The second-order valence-electron chi connectivity index (χ2n) is 17.7. The van der Waals surface area contributed by atoms with Crippen molar-refractivity contribution in [2.24, 2.45) is 0 Å². The summed E-state index contributed by atoms with van der Waals surface area (Å²) in [6, 6.07) is 27.7. The number of pyridine rings is 1.